The van der Waals surface area contributed by atoms with E-state index in [0.29, 0.717) is 31.2 Å². The van der Waals surface area contributed by atoms with Crippen molar-refractivity contribution < 1.29 is 14.6 Å². The molecule has 1 heterocycles. The summed E-state index contributed by atoms with van der Waals surface area (Å²) in [5.74, 6) is -0.144. The number of hydrogen-bond donors (Lipinski definition) is 2. The van der Waals surface area contributed by atoms with Crippen LogP contribution in [0.4, 0.5) is 0 Å². The van der Waals surface area contributed by atoms with Crippen LogP contribution in [0.5, 0.6) is 0 Å². The van der Waals surface area contributed by atoms with Gasteiger partial charge in [-0.05, 0) is 24.1 Å². The lowest BCUT2D eigenvalue weighted by atomic mass is 9.87. The molecule has 2 N–H and O–H groups in total. The van der Waals surface area contributed by atoms with Crippen LogP contribution in [-0.2, 0) is 16.0 Å². The van der Waals surface area contributed by atoms with Crippen LogP contribution in [0, 0.1) is 11.3 Å². The molecule has 1 fully saturated rings. The molecule has 1 aromatic carbocycles. The number of amides is 1. The molecule has 1 atom stereocenters. The van der Waals surface area contributed by atoms with Crippen LogP contribution < -0.4 is 5.32 Å². The van der Waals surface area contributed by atoms with Gasteiger partial charge in [0.25, 0.3) is 0 Å². The smallest absolute Gasteiger partial charge is 0.223 e. The molecule has 0 aliphatic carbocycles. The minimum atomic E-state index is -0.286. The highest BCUT2D eigenvalue weighted by molar-refractivity contribution is 6.30. The molecule has 1 aliphatic rings. The Morgan fingerprint density at radius 2 is 2.30 bits per heavy atom. The molecule has 0 spiro atoms. The minimum absolute atomic E-state index is 0.00954. The summed E-state index contributed by atoms with van der Waals surface area (Å²) in [6.45, 7) is 3.40. The number of ether oxygens (including phenoxy) is 1. The van der Waals surface area contributed by atoms with Crippen LogP contribution in [-0.4, -0.2) is 37.4 Å². The second kappa shape index (κ2) is 6.57. The fraction of sp³-hybridized carbons (Fsp3) is 0.533. The number of hydrogen-bond acceptors (Lipinski definition) is 3. The monoisotopic (exact) mass is 297 g/mol. The van der Waals surface area contributed by atoms with E-state index in [4.69, 9.17) is 16.3 Å². The van der Waals surface area contributed by atoms with Gasteiger partial charge in [0.05, 0.1) is 25.2 Å². The first-order valence-electron chi connectivity index (χ1n) is 6.75. The van der Waals surface area contributed by atoms with Crippen molar-refractivity contribution in [1.82, 2.24) is 5.32 Å². The zero-order valence-electron chi connectivity index (χ0n) is 11.6. The quantitative estimate of drug-likeness (QED) is 0.839. The van der Waals surface area contributed by atoms with E-state index in [1.54, 1.807) is 0 Å². The summed E-state index contributed by atoms with van der Waals surface area (Å²) in [5, 5.41) is 12.9. The van der Waals surface area contributed by atoms with E-state index in [0.717, 1.165) is 5.56 Å². The molecule has 1 amide bonds. The highest BCUT2D eigenvalue weighted by Crippen LogP contribution is 2.25. The summed E-state index contributed by atoms with van der Waals surface area (Å²) < 4.78 is 5.10. The minimum Gasteiger partial charge on any atom is -0.396 e. The van der Waals surface area contributed by atoms with Crippen LogP contribution in [0.15, 0.2) is 24.3 Å². The average molecular weight is 298 g/mol. The van der Waals surface area contributed by atoms with Gasteiger partial charge in [-0.3, -0.25) is 4.79 Å². The van der Waals surface area contributed by atoms with Crippen LogP contribution in [0.25, 0.3) is 0 Å². The molecule has 5 heteroatoms. The SMILES string of the molecule is CC(Cc1cccc(Cl)c1)C(=O)NCC1(CO)COC1. The topological polar surface area (TPSA) is 58.6 Å². The summed E-state index contributed by atoms with van der Waals surface area (Å²) in [4.78, 5) is 12.1. The van der Waals surface area contributed by atoms with Gasteiger partial charge in [-0.25, -0.2) is 0 Å². The first kappa shape index (κ1) is 15.3. The molecule has 1 aromatic rings. The predicted octanol–water partition coefficient (Wildman–Crippen LogP) is 1.64. The Balaban J connectivity index is 1.83. The van der Waals surface area contributed by atoms with Gasteiger partial charge in [-0.1, -0.05) is 30.7 Å². The Kier molecular flexibility index (Phi) is 5.02. The lowest BCUT2D eigenvalue weighted by molar-refractivity contribution is -0.142. The average Bonchev–Trinajstić information content (AvgIpc) is 2.37. The van der Waals surface area contributed by atoms with Gasteiger partial charge in [0, 0.05) is 17.5 Å². The van der Waals surface area contributed by atoms with E-state index in [9.17, 15) is 9.90 Å². The lowest BCUT2D eigenvalue weighted by Gasteiger charge is -2.40. The Hall–Kier alpha value is -1.10. The third kappa shape index (κ3) is 3.72. The maximum atomic E-state index is 12.1. The molecule has 0 radical (unpaired) electrons. The first-order chi connectivity index (χ1) is 9.54. The molecule has 20 heavy (non-hydrogen) atoms. The van der Waals surface area contributed by atoms with Crippen molar-refractivity contribution in [2.24, 2.45) is 11.3 Å². The predicted molar refractivity (Wildman–Crippen MR) is 77.7 cm³/mol. The number of benzene rings is 1. The van der Waals surface area contributed by atoms with E-state index in [1.807, 2.05) is 31.2 Å². The zero-order chi connectivity index (χ0) is 14.6. The summed E-state index contributed by atoms with van der Waals surface area (Å²) >= 11 is 5.93. The second-order valence-corrected chi connectivity index (χ2v) is 6.04. The fourth-order valence-electron chi connectivity index (χ4n) is 2.20. The molecule has 110 valence electrons. The summed E-state index contributed by atoms with van der Waals surface area (Å²) in [6, 6.07) is 7.54. The van der Waals surface area contributed by atoms with E-state index in [2.05, 4.69) is 5.32 Å². The molecular weight excluding hydrogens is 278 g/mol. The molecule has 1 aliphatic heterocycles. The summed E-state index contributed by atoms with van der Waals surface area (Å²) in [5.41, 5.74) is 0.759. The Morgan fingerprint density at radius 3 is 2.85 bits per heavy atom. The number of aliphatic hydroxyl groups excluding tert-OH is 1. The number of nitrogens with one attached hydrogen (secondary N) is 1. The molecular formula is C15H20ClNO3. The van der Waals surface area contributed by atoms with E-state index in [-0.39, 0.29) is 23.8 Å². The van der Waals surface area contributed by atoms with Crippen molar-refractivity contribution in [3.8, 4) is 0 Å². The van der Waals surface area contributed by atoms with Gasteiger partial charge < -0.3 is 15.2 Å². The van der Waals surface area contributed by atoms with Crippen LogP contribution in [0.2, 0.25) is 5.02 Å². The van der Waals surface area contributed by atoms with Crippen molar-refractivity contribution in [1.29, 1.82) is 0 Å². The highest BCUT2D eigenvalue weighted by Gasteiger charge is 2.38. The van der Waals surface area contributed by atoms with Gasteiger partial charge >= 0.3 is 0 Å². The van der Waals surface area contributed by atoms with Gasteiger partial charge in [0.15, 0.2) is 0 Å². The Labute approximate surface area is 124 Å². The number of halogens is 1. The standard InChI is InChI=1S/C15H20ClNO3/c1-11(5-12-3-2-4-13(16)6-12)14(19)17-7-15(8-18)9-20-10-15/h2-4,6,11,18H,5,7-10H2,1H3,(H,17,19). The Morgan fingerprint density at radius 1 is 1.55 bits per heavy atom. The number of aliphatic hydroxyl groups is 1. The van der Waals surface area contributed by atoms with Crippen LogP contribution >= 0.6 is 11.6 Å². The van der Waals surface area contributed by atoms with Crippen molar-refractivity contribution in [3.63, 3.8) is 0 Å². The molecule has 0 saturated carbocycles. The fourth-order valence-corrected chi connectivity index (χ4v) is 2.41. The van der Waals surface area contributed by atoms with Crippen molar-refractivity contribution >= 4 is 17.5 Å². The van der Waals surface area contributed by atoms with Crippen LogP contribution in [0.3, 0.4) is 0 Å². The largest absolute Gasteiger partial charge is 0.396 e. The van der Waals surface area contributed by atoms with E-state index in [1.165, 1.54) is 0 Å². The summed E-state index contributed by atoms with van der Waals surface area (Å²) in [7, 11) is 0. The van der Waals surface area contributed by atoms with Gasteiger partial charge in [0.1, 0.15) is 0 Å². The highest BCUT2D eigenvalue weighted by atomic mass is 35.5. The van der Waals surface area contributed by atoms with Crippen molar-refractivity contribution in [2.45, 2.75) is 13.3 Å². The van der Waals surface area contributed by atoms with E-state index < -0.39 is 0 Å². The van der Waals surface area contributed by atoms with Gasteiger partial charge in [-0.2, -0.15) is 0 Å². The molecule has 2 rings (SSSR count). The van der Waals surface area contributed by atoms with Crippen molar-refractivity contribution in [2.75, 3.05) is 26.4 Å². The maximum absolute atomic E-state index is 12.1. The van der Waals surface area contributed by atoms with Crippen LogP contribution in [0.1, 0.15) is 12.5 Å². The third-order valence-corrected chi connectivity index (χ3v) is 3.90. The molecule has 1 saturated heterocycles. The normalized spacial score (nSPS) is 18.1. The third-order valence-electron chi connectivity index (χ3n) is 3.67. The Bertz CT molecular complexity index is 468. The molecule has 0 aromatic heterocycles. The second-order valence-electron chi connectivity index (χ2n) is 5.60. The molecule has 4 nitrogen and oxygen atoms in total. The first-order valence-corrected chi connectivity index (χ1v) is 7.13. The maximum Gasteiger partial charge on any atom is 0.223 e. The lowest BCUT2D eigenvalue weighted by Crippen LogP contribution is -2.53. The van der Waals surface area contributed by atoms with Gasteiger partial charge in [0.2, 0.25) is 5.91 Å². The van der Waals surface area contributed by atoms with Crippen molar-refractivity contribution in [3.05, 3.63) is 34.9 Å². The molecule has 1 unspecified atom stereocenters. The number of carbonyl (C=O) groups is 1. The summed E-state index contributed by atoms with van der Waals surface area (Å²) in [6.07, 6.45) is 0.648. The molecule has 0 bridgehead atoms. The number of rotatable bonds is 6. The van der Waals surface area contributed by atoms with Gasteiger partial charge in [-0.15, -0.1) is 0 Å². The zero-order valence-corrected chi connectivity index (χ0v) is 12.3. The van der Waals surface area contributed by atoms with E-state index >= 15 is 0 Å². The number of carbonyl (C=O) groups excluding carboxylic acids is 1.